The number of fused-ring (bicyclic) bond motifs is 6. The first kappa shape index (κ1) is 23.1. The van der Waals surface area contributed by atoms with Gasteiger partial charge in [-0.1, -0.05) is 38.0 Å². The number of piperidine rings is 1. The fourth-order valence-electron chi connectivity index (χ4n) is 9.83. The third-order valence-corrected chi connectivity index (χ3v) is 11.6. The molecule has 2 aliphatic heterocycles. The molecule has 0 aromatic rings. The fourth-order valence-corrected chi connectivity index (χ4v) is 10.0. The van der Waals surface area contributed by atoms with E-state index in [1.54, 1.807) is 16.7 Å². The van der Waals surface area contributed by atoms with E-state index in [2.05, 4.69) is 38.7 Å². The van der Waals surface area contributed by atoms with Crippen LogP contribution in [0.5, 0.6) is 0 Å². The summed E-state index contributed by atoms with van der Waals surface area (Å²) < 4.78 is 7.18. The van der Waals surface area contributed by atoms with Gasteiger partial charge in [0.25, 0.3) is 0 Å². The topological polar surface area (TPSA) is 32.7 Å². The van der Waals surface area contributed by atoms with Crippen molar-refractivity contribution in [2.45, 2.75) is 103 Å². The summed E-state index contributed by atoms with van der Waals surface area (Å²) in [5.41, 5.74) is 5.16. The van der Waals surface area contributed by atoms with Crippen molar-refractivity contribution in [1.29, 1.82) is 0 Å². The number of allylic oxidation sites excluding steroid dienone is 2. The number of rotatable bonds is 2. The molecule has 3 nitrogen and oxygen atoms in total. The summed E-state index contributed by atoms with van der Waals surface area (Å²) in [7, 11) is 0. The van der Waals surface area contributed by atoms with E-state index < -0.39 is 0 Å². The van der Waals surface area contributed by atoms with Crippen LogP contribution in [0.4, 0.5) is 0 Å². The lowest BCUT2D eigenvalue weighted by molar-refractivity contribution is -0.0643. The van der Waals surface area contributed by atoms with Gasteiger partial charge >= 0.3 is 0 Å². The summed E-state index contributed by atoms with van der Waals surface area (Å²) in [5, 5.41) is 10.3. The molecule has 4 aliphatic carbocycles. The van der Waals surface area contributed by atoms with Gasteiger partial charge in [-0.25, -0.2) is 0 Å². The molecule has 6 aliphatic rings. The van der Waals surface area contributed by atoms with Gasteiger partial charge in [0.15, 0.2) is 0 Å². The van der Waals surface area contributed by atoms with Crippen molar-refractivity contribution in [2.24, 2.45) is 35.0 Å². The lowest BCUT2D eigenvalue weighted by Crippen LogP contribution is -2.52. The molecule has 4 heteroatoms. The number of ether oxygens (including phenoxy) is 1. The zero-order chi connectivity index (χ0) is 23.1. The summed E-state index contributed by atoms with van der Waals surface area (Å²) in [5.74, 6) is 4.22. The Morgan fingerprint density at radius 3 is 2.82 bits per heavy atom. The van der Waals surface area contributed by atoms with Crippen LogP contribution in [-0.2, 0) is 4.74 Å². The van der Waals surface area contributed by atoms with Crippen LogP contribution < -0.4 is 0 Å². The van der Waals surface area contributed by atoms with Gasteiger partial charge in [0, 0.05) is 30.9 Å². The third kappa shape index (κ3) is 3.24. The molecule has 6 rings (SSSR count). The van der Waals surface area contributed by atoms with Crippen LogP contribution in [0.25, 0.3) is 0 Å². The SMILES string of the molecule is CC1=C2C[C@H]3C(CC=C4C[C@@H](O)CC[C@@]43C)[C@@H]2CCC12O[C@@H]1C[C@H](C)CN(CCCl)[C@H]1[C@H]2C. The maximum absolute atomic E-state index is 10.3. The molecular formula is C29H44ClNO2. The second kappa shape index (κ2) is 8.08. The minimum Gasteiger partial charge on any atom is -0.393 e. The average Bonchev–Trinajstić information content (AvgIpc) is 3.29. The first-order valence-electron chi connectivity index (χ1n) is 13.8. The van der Waals surface area contributed by atoms with Gasteiger partial charge in [-0.2, -0.15) is 0 Å². The second-order valence-corrected chi connectivity index (χ2v) is 13.3. The van der Waals surface area contributed by atoms with Gasteiger partial charge < -0.3 is 9.84 Å². The van der Waals surface area contributed by atoms with Crippen LogP contribution >= 0.6 is 11.6 Å². The second-order valence-electron chi connectivity index (χ2n) is 12.9. The highest BCUT2D eigenvalue weighted by Gasteiger charge is 2.61. The van der Waals surface area contributed by atoms with Crippen LogP contribution in [0.1, 0.15) is 79.1 Å². The fraction of sp³-hybridized carbons (Fsp3) is 0.862. The predicted octanol–water partition coefficient (Wildman–Crippen LogP) is 5.95. The molecule has 1 N–H and O–H groups in total. The van der Waals surface area contributed by atoms with E-state index in [0.29, 0.717) is 35.3 Å². The lowest BCUT2D eigenvalue weighted by atomic mass is 9.56. The van der Waals surface area contributed by atoms with Crippen molar-refractivity contribution in [2.75, 3.05) is 19.0 Å². The molecule has 33 heavy (non-hydrogen) atoms. The molecule has 0 radical (unpaired) electrons. The van der Waals surface area contributed by atoms with Crippen molar-refractivity contribution in [3.8, 4) is 0 Å². The zero-order valence-electron chi connectivity index (χ0n) is 21.2. The molecule has 2 saturated heterocycles. The first-order valence-corrected chi connectivity index (χ1v) is 14.4. The van der Waals surface area contributed by atoms with E-state index in [4.69, 9.17) is 16.3 Å². The van der Waals surface area contributed by atoms with Crippen molar-refractivity contribution in [3.63, 3.8) is 0 Å². The van der Waals surface area contributed by atoms with Crippen LogP contribution in [-0.4, -0.2) is 52.8 Å². The standard InChI is InChI=1S/C29H44ClNO2/c1-17-13-26-27(31(16-17)12-11-30)19(3)29(33-26)10-8-22-23-6-5-20-14-21(32)7-9-28(20,4)25(23)15-24(22)18(29)2/h5,17,19,21-23,25-27,32H,6-16H2,1-4H3/t17-,19+,21-,22-,23?,25-,26+,27-,28-,29?/m0/s1. The van der Waals surface area contributed by atoms with Gasteiger partial charge in [-0.15, -0.1) is 11.6 Å². The van der Waals surface area contributed by atoms with Crippen molar-refractivity contribution in [1.82, 2.24) is 4.90 Å². The summed E-state index contributed by atoms with van der Waals surface area (Å²) in [4.78, 5) is 2.66. The van der Waals surface area contributed by atoms with Crippen LogP contribution in [0.2, 0.25) is 0 Å². The van der Waals surface area contributed by atoms with Crippen LogP contribution in [0.15, 0.2) is 22.8 Å². The van der Waals surface area contributed by atoms with Gasteiger partial charge in [-0.05, 0) is 93.0 Å². The maximum Gasteiger partial charge on any atom is 0.0937 e. The average molecular weight is 474 g/mol. The molecule has 0 amide bonds. The number of likely N-dealkylation sites (tertiary alicyclic amines) is 1. The molecule has 2 unspecified atom stereocenters. The Hall–Kier alpha value is -0.350. The smallest absolute Gasteiger partial charge is 0.0937 e. The number of halogens is 1. The maximum atomic E-state index is 10.3. The Balaban J connectivity index is 1.33. The van der Waals surface area contributed by atoms with Crippen molar-refractivity contribution < 1.29 is 9.84 Å². The van der Waals surface area contributed by atoms with E-state index in [9.17, 15) is 5.11 Å². The Morgan fingerprint density at radius 2 is 2.03 bits per heavy atom. The highest BCUT2D eigenvalue weighted by molar-refractivity contribution is 6.18. The molecule has 1 spiro atoms. The number of aliphatic hydroxyl groups is 1. The largest absolute Gasteiger partial charge is 0.393 e. The summed E-state index contributed by atoms with van der Waals surface area (Å²) in [6.45, 7) is 12.0. The number of nitrogens with zero attached hydrogens (tertiary/aromatic N) is 1. The molecule has 0 aromatic heterocycles. The van der Waals surface area contributed by atoms with Gasteiger partial charge in [0.05, 0.1) is 17.8 Å². The van der Waals surface area contributed by atoms with Gasteiger partial charge in [0.1, 0.15) is 0 Å². The molecular weight excluding hydrogens is 430 g/mol. The molecule has 2 saturated carbocycles. The number of hydrogen-bond donors (Lipinski definition) is 1. The van der Waals surface area contributed by atoms with Crippen molar-refractivity contribution >= 4 is 11.6 Å². The van der Waals surface area contributed by atoms with Crippen molar-refractivity contribution in [3.05, 3.63) is 22.8 Å². The Bertz CT molecular complexity index is 868. The van der Waals surface area contributed by atoms with Gasteiger partial charge in [0.2, 0.25) is 0 Å². The quantitative estimate of drug-likeness (QED) is 0.397. The number of hydrogen-bond acceptors (Lipinski definition) is 3. The monoisotopic (exact) mass is 473 g/mol. The van der Waals surface area contributed by atoms with E-state index in [1.165, 1.54) is 38.6 Å². The Labute approximate surface area is 206 Å². The van der Waals surface area contributed by atoms with Crippen LogP contribution in [0, 0.1) is 35.0 Å². The molecule has 10 atom stereocenters. The Kier molecular flexibility index (Phi) is 5.65. The normalized spacial score (nSPS) is 51.8. The first-order chi connectivity index (χ1) is 15.8. The van der Waals surface area contributed by atoms with Crippen LogP contribution in [0.3, 0.4) is 0 Å². The van der Waals surface area contributed by atoms with E-state index >= 15 is 0 Å². The highest BCUT2D eigenvalue weighted by atomic mass is 35.5. The molecule has 184 valence electrons. The van der Waals surface area contributed by atoms with E-state index in [0.717, 1.165) is 43.6 Å². The zero-order valence-corrected chi connectivity index (χ0v) is 21.9. The number of aliphatic hydroxyl groups excluding tert-OH is 1. The lowest BCUT2D eigenvalue weighted by Gasteiger charge is -2.49. The predicted molar refractivity (Wildman–Crippen MR) is 134 cm³/mol. The summed E-state index contributed by atoms with van der Waals surface area (Å²) in [6, 6.07) is 0.515. The molecule has 0 bridgehead atoms. The highest BCUT2D eigenvalue weighted by Crippen LogP contribution is 2.65. The summed E-state index contributed by atoms with van der Waals surface area (Å²) >= 11 is 6.24. The van der Waals surface area contributed by atoms with E-state index in [-0.39, 0.29) is 11.7 Å². The summed E-state index contributed by atoms with van der Waals surface area (Å²) in [6.07, 6.45) is 12.0. The number of alkyl halides is 1. The molecule has 4 fully saturated rings. The van der Waals surface area contributed by atoms with Gasteiger partial charge in [-0.3, -0.25) is 4.90 Å². The minimum absolute atomic E-state index is 0.0663. The molecule has 2 heterocycles. The third-order valence-electron chi connectivity index (χ3n) is 11.5. The molecule has 0 aromatic carbocycles. The van der Waals surface area contributed by atoms with E-state index in [1.807, 2.05) is 0 Å². The Morgan fingerprint density at radius 1 is 1.21 bits per heavy atom. The minimum atomic E-state index is -0.122.